The highest BCUT2D eigenvalue weighted by atomic mass is 16.7. The first-order chi connectivity index (χ1) is 31.3. The van der Waals surface area contributed by atoms with Crippen LogP contribution in [-0.2, 0) is 33.2 Å². The van der Waals surface area contributed by atoms with Gasteiger partial charge >= 0.3 is 5.97 Å². The first kappa shape index (κ1) is 57.2. The van der Waals surface area contributed by atoms with Gasteiger partial charge in [-0.1, -0.05) is 27.7 Å². The lowest BCUT2D eigenvalue weighted by molar-refractivity contribution is -0.335. The van der Waals surface area contributed by atoms with Gasteiger partial charge in [0.1, 0.15) is 34.8 Å². The molecular weight excluding hydrogens is 867 g/mol. The molecule has 4 rings (SSSR count). The van der Waals surface area contributed by atoms with Gasteiger partial charge in [-0.05, 0) is 126 Å². The highest BCUT2D eigenvalue weighted by Crippen LogP contribution is 2.44. The van der Waals surface area contributed by atoms with Crippen LogP contribution in [0.5, 0.6) is 17.2 Å². The van der Waals surface area contributed by atoms with E-state index >= 15 is 0 Å². The summed E-state index contributed by atoms with van der Waals surface area (Å²) < 4.78 is 58.0. The van der Waals surface area contributed by atoms with Crippen LogP contribution in [0.4, 0.5) is 0 Å². The maximum absolute atomic E-state index is 14.6. The molecule has 3 aliphatic heterocycles. The number of aliphatic hydroxyl groups excluding tert-OH is 1. The predicted molar refractivity (Wildman–Crippen MR) is 254 cm³/mol. The van der Waals surface area contributed by atoms with Crippen molar-refractivity contribution < 1.29 is 67.9 Å². The standard InChI is InChI=1S/C50H89N3O14/c1-17-21-52-27-50(58)34(10)63-40(25-48(50,12)60-16)66-41-31(7)44(47(11,56)24-29(5)26-53-33(9)43(54)49(13,57)39(18-2)65-45(55)32(41)8)67-46-42(36(51-14)22-30(6)62-46)64-35-19-20-37(59-15)38(23-35)61-28(3)4/h19-20,23,28-34,36,39-44,46,51-54,56-58H,17-18,21-22,24-27H2,1-16H3/t29-,30-,31+,32-,33-,34+,36+,39-,40+,41+,42-,43-,44-,46+,47-,48-,49-,50+/m1/s1. The summed E-state index contributed by atoms with van der Waals surface area (Å²) in [6.07, 6.45) is -6.66. The highest BCUT2D eigenvalue weighted by Gasteiger charge is 2.58. The minimum Gasteiger partial charge on any atom is -0.493 e. The normalized spacial score (nSPS) is 41.8. The van der Waals surface area contributed by atoms with E-state index in [4.69, 9.17) is 42.6 Å². The Morgan fingerprint density at radius 2 is 1.63 bits per heavy atom. The molecule has 17 heteroatoms. The molecule has 7 N–H and O–H groups in total. The average molecular weight is 956 g/mol. The Kier molecular flexibility index (Phi) is 20.6. The lowest BCUT2D eigenvalue weighted by Crippen LogP contribution is -2.70. The zero-order valence-corrected chi connectivity index (χ0v) is 43.4. The fraction of sp³-hybridized carbons (Fsp3) is 0.860. The Bertz CT molecular complexity index is 1690. The topological polar surface area (TPSA) is 217 Å². The Labute approximate surface area is 400 Å². The van der Waals surface area contributed by atoms with Crippen molar-refractivity contribution in [3.05, 3.63) is 18.2 Å². The van der Waals surface area contributed by atoms with E-state index in [9.17, 15) is 25.2 Å². The summed E-state index contributed by atoms with van der Waals surface area (Å²) in [5.41, 5.74) is -6.06. The minimum absolute atomic E-state index is 0.0809. The fourth-order valence-electron chi connectivity index (χ4n) is 10.4. The van der Waals surface area contributed by atoms with Gasteiger partial charge in [0.2, 0.25) is 0 Å². The van der Waals surface area contributed by atoms with Gasteiger partial charge in [-0.15, -0.1) is 0 Å². The van der Waals surface area contributed by atoms with Crippen LogP contribution >= 0.6 is 0 Å². The van der Waals surface area contributed by atoms with Crippen LogP contribution in [0.15, 0.2) is 18.2 Å². The number of carbonyl (C=O) groups is 1. The summed E-state index contributed by atoms with van der Waals surface area (Å²) in [4.78, 5) is 14.6. The molecule has 0 bridgehead atoms. The first-order valence-electron chi connectivity index (χ1n) is 24.7. The molecule has 0 saturated carbocycles. The smallest absolute Gasteiger partial charge is 0.311 e. The van der Waals surface area contributed by atoms with Gasteiger partial charge in [0.15, 0.2) is 30.2 Å². The minimum atomic E-state index is -1.84. The Morgan fingerprint density at radius 1 is 0.940 bits per heavy atom. The van der Waals surface area contributed by atoms with Crippen molar-refractivity contribution in [2.75, 3.05) is 40.9 Å². The second-order valence-corrected chi connectivity index (χ2v) is 20.6. The molecule has 388 valence electrons. The van der Waals surface area contributed by atoms with Crippen LogP contribution in [0.1, 0.15) is 122 Å². The number of hydrogen-bond donors (Lipinski definition) is 7. The van der Waals surface area contributed by atoms with Crippen LogP contribution in [0.25, 0.3) is 0 Å². The molecular formula is C50H89N3O14. The van der Waals surface area contributed by atoms with E-state index in [0.717, 1.165) is 6.42 Å². The number of rotatable bonds is 16. The third kappa shape index (κ3) is 13.5. The van der Waals surface area contributed by atoms with Gasteiger partial charge in [-0.25, -0.2) is 0 Å². The van der Waals surface area contributed by atoms with Gasteiger partial charge in [0.05, 0.1) is 55.2 Å². The number of likely N-dealkylation sites (N-methyl/N-ethyl adjacent to an activating group) is 1. The van der Waals surface area contributed by atoms with Crippen molar-refractivity contribution in [3.63, 3.8) is 0 Å². The van der Waals surface area contributed by atoms with E-state index in [2.05, 4.69) is 16.0 Å². The molecule has 3 saturated heterocycles. The van der Waals surface area contributed by atoms with Crippen LogP contribution in [0.3, 0.4) is 0 Å². The van der Waals surface area contributed by atoms with Crippen LogP contribution in [0, 0.1) is 17.8 Å². The molecule has 0 amide bonds. The summed E-state index contributed by atoms with van der Waals surface area (Å²) >= 11 is 0. The number of esters is 1. The largest absolute Gasteiger partial charge is 0.493 e. The van der Waals surface area contributed by atoms with Crippen molar-refractivity contribution in [2.24, 2.45) is 17.8 Å². The van der Waals surface area contributed by atoms with Gasteiger partial charge in [-0.3, -0.25) is 4.79 Å². The molecule has 3 heterocycles. The van der Waals surface area contributed by atoms with E-state index in [1.165, 1.54) is 6.92 Å². The van der Waals surface area contributed by atoms with Crippen molar-refractivity contribution in [3.8, 4) is 17.2 Å². The van der Waals surface area contributed by atoms with Gasteiger partial charge in [0, 0.05) is 38.1 Å². The van der Waals surface area contributed by atoms with E-state index in [1.54, 1.807) is 67.0 Å². The summed E-state index contributed by atoms with van der Waals surface area (Å²) in [6.45, 7) is 24.9. The van der Waals surface area contributed by atoms with Gasteiger partial charge < -0.3 is 79.0 Å². The maximum Gasteiger partial charge on any atom is 0.311 e. The number of cyclic esters (lactones) is 1. The van der Waals surface area contributed by atoms with Crippen LogP contribution in [0.2, 0.25) is 0 Å². The third-order valence-electron chi connectivity index (χ3n) is 14.5. The monoisotopic (exact) mass is 956 g/mol. The molecule has 0 aliphatic carbocycles. The predicted octanol–water partition coefficient (Wildman–Crippen LogP) is 4.47. The zero-order chi connectivity index (χ0) is 50.2. The maximum atomic E-state index is 14.6. The van der Waals surface area contributed by atoms with Crippen molar-refractivity contribution in [1.82, 2.24) is 16.0 Å². The quantitative estimate of drug-likeness (QED) is 0.0899. The lowest BCUT2D eigenvalue weighted by Gasteiger charge is -2.53. The lowest BCUT2D eigenvalue weighted by atomic mass is 9.75. The molecule has 0 unspecified atom stereocenters. The molecule has 0 spiro atoms. The molecule has 17 nitrogen and oxygen atoms in total. The summed E-state index contributed by atoms with van der Waals surface area (Å²) in [7, 11) is 4.97. The average Bonchev–Trinajstić information content (AvgIpc) is 3.26. The Morgan fingerprint density at radius 3 is 2.22 bits per heavy atom. The SMILES string of the molecule is CCCNC[C@]1(O)[C@H](C)O[C@@H](O[C@H]2[C@H](C)[C@@H](O[C@@H]3O[C@H](C)C[C@H](NC)[C@H]3Oc3ccc(OC)c(OC(C)C)c3)[C@](C)(O)C[C@@H](C)CN[C@H](C)[C@@H](O)[C@](C)(O)[C@@H](CC)OC(=O)[C@@H]2C)C[C@@]1(C)OC. The van der Waals surface area contributed by atoms with Crippen LogP contribution in [-0.4, -0.2) is 163 Å². The second-order valence-electron chi connectivity index (χ2n) is 20.6. The molecule has 18 atom stereocenters. The van der Waals surface area contributed by atoms with Crippen molar-refractivity contribution in [1.29, 1.82) is 0 Å². The second kappa shape index (κ2) is 24.2. The van der Waals surface area contributed by atoms with Crippen LogP contribution < -0.4 is 30.2 Å². The molecule has 67 heavy (non-hydrogen) atoms. The zero-order valence-electron chi connectivity index (χ0n) is 43.4. The number of hydrogen-bond acceptors (Lipinski definition) is 17. The Balaban J connectivity index is 1.86. The van der Waals surface area contributed by atoms with E-state index < -0.39 is 95.5 Å². The fourth-order valence-corrected chi connectivity index (χ4v) is 10.4. The molecule has 3 fully saturated rings. The number of nitrogens with one attached hydrogen (secondary N) is 3. The number of carbonyl (C=O) groups excluding carboxylic acids is 1. The van der Waals surface area contributed by atoms with E-state index in [0.29, 0.717) is 36.8 Å². The molecule has 0 aromatic heterocycles. The molecule has 3 aliphatic rings. The summed E-state index contributed by atoms with van der Waals surface area (Å²) in [5, 5.41) is 58.6. The molecule has 1 aromatic rings. The first-order valence-corrected chi connectivity index (χ1v) is 24.7. The third-order valence-corrected chi connectivity index (χ3v) is 14.5. The molecule has 0 radical (unpaired) electrons. The highest BCUT2D eigenvalue weighted by molar-refractivity contribution is 5.73. The summed E-state index contributed by atoms with van der Waals surface area (Å²) in [5.74, 6) is -1.20. The number of methoxy groups -OCH3 is 2. The number of benzene rings is 1. The number of ether oxygens (including phenoxy) is 9. The van der Waals surface area contributed by atoms with E-state index in [-0.39, 0.29) is 50.0 Å². The number of aliphatic hydroxyl groups is 4. The van der Waals surface area contributed by atoms with Crippen molar-refractivity contribution >= 4 is 5.97 Å². The van der Waals surface area contributed by atoms with E-state index in [1.807, 2.05) is 55.5 Å². The molecule has 1 aromatic carbocycles. The van der Waals surface area contributed by atoms with Gasteiger partial charge in [-0.2, -0.15) is 0 Å². The van der Waals surface area contributed by atoms with Gasteiger partial charge in [0.25, 0.3) is 0 Å². The Hall–Kier alpha value is -2.39. The summed E-state index contributed by atoms with van der Waals surface area (Å²) in [6, 6.07) is 4.46. The van der Waals surface area contributed by atoms with Crippen molar-refractivity contribution in [2.45, 2.75) is 218 Å².